The van der Waals surface area contributed by atoms with Crippen LogP contribution in [0, 0.1) is 5.92 Å². The molecule has 0 spiro atoms. The molecule has 1 fully saturated rings. The van der Waals surface area contributed by atoms with Gasteiger partial charge in [0.1, 0.15) is 6.10 Å². The Morgan fingerprint density at radius 2 is 1.93 bits per heavy atom. The molecule has 1 saturated carbocycles. The van der Waals surface area contributed by atoms with Gasteiger partial charge < -0.3 is 4.74 Å². The highest BCUT2D eigenvalue weighted by atomic mass is 16.5. The van der Waals surface area contributed by atoms with Crippen LogP contribution in [0.2, 0.25) is 0 Å². The van der Waals surface area contributed by atoms with Gasteiger partial charge in [0.2, 0.25) is 0 Å². The van der Waals surface area contributed by atoms with Gasteiger partial charge in [0.05, 0.1) is 0 Å². The Bertz CT molecular complexity index is 214. The zero-order valence-corrected chi connectivity index (χ0v) is 9.21. The van der Waals surface area contributed by atoms with E-state index in [-0.39, 0.29) is 11.9 Å². The summed E-state index contributed by atoms with van der Waals surface area (Å²) >= 11 is 0. The number of carbonyl (C=O) groups is 1. The molecule has 0 bridgehead atoms. The van der Waals surface area contributed by atoms with Gasteiger partial charge >= 0.3 is 0 Å². The normalized spacial score (nSPS) is 20.4. The van der Waals surface area contributed by atoms with Gasteiger partial charge in [-0.2, -0.15) is 0 Å². The Morgan fingerprint density at radius 1 is 1.36 bits per heavy atom. The molecule has 0 amide bonds. The van der Waals surface area contributed by atoms with E-state index in [0.717, 1.165) is 12.8 Å². The summed E-state index contributed by atoms with van der Waals surface area (Å²) in [6, 6.07) is 0. The SMILES string of the molecule is C=C(C)C(=O)C(OC)C1CCCCC1. The molecule has 0 heterocycles. The van der Waals surface area contributed by atoms with Crippen molar-refractivity contribution in [2.75, 3.05) is 7.11 Å². The number of ketones is 1. The van der Waals surface area contributed by atoms with Crippen LogP contribution in [0.1, 0.15) is 39.0 Å². The largest absolute Gasteiger partial charge is 0.373 e. The molecule has 0 aromatic carbocycles. The highest BCUT2D eigenvalue weighted by Gasteiger charge is 2.29. The number of carbonyl (C=O) groups excluding carboxylic acids is 1. The molecule has 80 valence electrons. The quantitative estimate of drug-likeness (QED) is 0.646. The van der Waals surface area contributed by atoms with Gasteiger partial charge in [0, 0.05) is 7.11 Å². The Kier molecular flexibility index (Phi) is 4.33. The monoisotopic (exact) mass is 196 g/mol. The minimum atomic E-state index is -0.243. The summed E-state index contributed by atoms with van der Waals surface area (Å²) in [5, 5.41) is 0. The van der Waals surface area contributed by atoms with E-state index in [1.54, 1.807) is 14.0 Å². The fraction of sp³-hybridized carbons (Fsp3) is 0.750. The molecule has 0 aromatic rings. The topological polar surface area (TPSA) is 26.3 Å². The van der Waals surface area contributed by atoms with Crippen LogP contribution in [0.4, 0.5) is 0 Å². The van der Waals surface area contributed by atoms with Crippen LogP contribution in [-0.4, -0.2) is 19.0 Å². The average molecular weight is 196 g/mol. The van der Waals surface area contributed by atoms with Crippen molar-refractivity contribution in [2.45, 2.75) is 45.1 Å². The number of hydrogen-bond donors (Lipinski definition) is 0. The van der Waals surface area contributed by atoms with Gasteiger partial charge in [0.25, 0.3) is 0 Å². The lowest BCUT2D eigenvalue weighted by Crippen LogP contribution is -2.33. The first-order valence-corrected chi connectivity index (χ1v) is 5.39. The molecule has 0 aliphatic heterocycles. The zero-order valence-electron chi connectivity index (χ0n) is 9.21. The van der Waals surface area contributed by atoms with Crippen LogP contribution >= 0.6 is 0 Å². The van der Waals surface area contributed by atoms with E-state index in [4.69, 9.17) is 4.74 Å². The third-order valence-corrected chi connectivity index (χ3v) is 3.01. The van der Waals surface area contributed by atoms with Crippen LogP contribution in [0.5, 0.6) is 0 Å². The molecule has 0 radical (unpaired) electrons. The van der Waals surface area contributed by atoms with Crippen LogP contribution < -0.4 is 0 Å². The molecule has 1 rings (SSSR count). The number of methoxy groups -OCH3 is 1. The van der Waals surface area contributed by atoms with Crippen molar-refractivity contribution in [1.29, 1.82) is 0 Å². The van der Waals surface area contributed by atoms with Crippen molar-refractivity contribution >= 4 is 5.78 Å². The molecule has 1 aliphatic carbocycles. The van der Waals surface area contributed by atoms with E-state index < -0.39 is 0 Å². The Balaban J connectivity index is 2.59. The second kappa shape index (κ2) is 5.30. The van der Waals surface area contributed by atoms with Crippen molar-refractivity contribution in [3.8, 4) is 0 Å². The average Bonchev–Trinajstić information content (AvgIpc) is 2.20. The second-order valence-electron chi connectivity index (χ2n) is 4.20. The maximum absolute atomic E-state index is 11.7. The number of ether oxygens (including phenoxy) is 1. The van der Waals surface area contributed by atoms with Crippen molar-refractivity contribution in [3.05, 3.63) is 12.2 Å². The van der Waals surface area contributed by atoms with E-state index >= 15 is 0 Å². The first-order valence-electron chi connectivity index (χ1n) is 5.39. The Hall–Kier alpha value is -0.630. The smallest absolute Gasteiger partial charge is 0.186 e. The molecular formula is C12H20O2. The van der Waals surface area contributed by atoms with Gasteiger partial charge in [-0.3, -0.25) is 4.79 Å². The number of Topliss-reactive ketones (excluding diaryl/α,β-unsaturated/α-hetero) is 1. The predicted molar refractivity (Wildman–Crippen MR) is 57.2 cm³/mol. The zero-order chi connectivity index (χ0) is 10.6. The third-order valence-electron chi connectivity index (χ3n) is 3.01. The first-order chi connectivity index (χ1) is 6.66. The summed E-state index contributed by atoms with van der Waals surface area (Å²) in [7, 11) is 1.63. The van der Waals surface area contributed by atoms with E-state index in [9.17, 15) is 4.79 Å². The van der Waals surface area contributed by atoms with E-state index in [1.807, 2.05) is 0 Å². The summed E-state index contributed by atoms with van der Waals surface area (Å²) in [5.74, 6) is 0.498. The van der Waals surface area contributed by atoms with Crippen molar-refractivity contribution in [1.82, 2.24) is 0 Å². The summed E-state index contributed by atoms with van der Waals surface area (Å²) in [6.45, 7) is 5.45. The summed E-state index contributed by atoms with van der Waals surface area (Å²) in [4.78, 5) is 11.7. The molecule has 2 nitrogen and oxygen atoms in total. The molecule has 1 unspecified atom stereocenters. The van der Waals surface area contributed by atoms with Crippen LogP contribution in [0.15, 0.2) is 12.2 Å². The van der Waals surface area contributed by atoms with Crippen molar-refractivity contribution < 1.29 is 9.53 Å². The van der Waals surface area contributed by atoms with Gasteiger partial charge in [-0.25, -0.2) is 0 Å². The van der Waals surface area contributed by atoms with Crippen molar-refractivity contribution in [3.63, 3.8) is 0 Å². The molecule has 0 saturated heterocycles. The standard InChI is InChI=1S/C12H20O2/c1-9(2)11(13)12(14-3)10-7-5-4-6-8-10/h10,12H,1,4-8H2,2-3H3. The Morgan fingerprint density at radius 3 is 2.36 bits per heavy atom. The molecule has 2 heteroatoms. The predicted octanol–water partition coefficient (Wildman–Crippen LogP) is 2.73. The number of hydrogen-bond acceptors (Lipinski definition) is 2. The van der Waals surface area contributed by atoms with E-state index in [1.165, 1.54) is 19.3 Å². The molecular weight excluding hydrogens is 176 g/mol. The van der Waals surface area contributed by atoms with Crippen LogP contribution in [-0.2, 0) is 9.53 Å². The maximum Gasteiger partial charge on any atom is 0.186 e. The molecule has 0 N–H and O–H groups in total. The minimum absolute atomic E-state index is 0.0828. The summed E-state index contributed by atoms with van der Waals surface area (Å²) in [6.07, 6.45) is 5.76. The highest BCUT2D eigenvalue weighted by molar-refractivity contribution is 5.97. The minimum Gasteiger partial charge on any atom is -0.373 e. The Labute approximate surface area is 86.3 Å². The van der Waals surface area contributed by atoms with E-state index in [0.29, 0.717) is 11.5 Å². The highest BCUT2D eigenvalue weighted by Crippen LogP contribution is 2.28. The van der Waals surface area contributed by atoms with Gasteiger partial charge in [-0.05, 0) is 31.3 Å². The third kappa shape index (κ3) is 2.68. The molecule has 0 aromatic heterocycles. The lowest BCUT2D eigenvalue weighted by Gasteiger charge is -2.28. The number of rotatable bonds is 4. The molecule has 14 heavy (non-hydrogen) atoms. The van der Waals surface area contributed by atoms with Crippen LogP contribution in [0.25, 0.3) is 0 Å². The maximum atomic E-state index is 11.7. The second-order valence-corrected chi connectivity index (χ2v) is 4.20. The van der Waals surface area contributed by atoms with Crippen LogP contribution in [0.3, 0.4) is 0 Å². The van der Waals surface area contributed by atoms with Crippen molar-refractivity contribution in [2.24, 2.45) is 5.92 Å². The van der Waals surface area contributed by atoms with Gasteiger partial charge in [-0.1, -0.05) is 25.8 Å². The summed E-state index contributed by atoms with van der Waals surface area (Å²) in [5.41, 5.74) is 0.613. The summed E-state index contributed by atoms with van der Waals surface area (Å²) < 4.78 is 5.30. The van der Waals surface area contributed by atoms with Gasteiger partial charge in [0.15, 0.2) is 5.78 Å². The molecule has 1 atom stereocenters. The fourth-order valence-corrected chi connectivity index (χ4v) is 2.19. The molecule has 1 aliphatic rings. The fourth-order valence-electron chi connectivity index (χ4n) is 2.19. The first kappa shape index (κ1) is 11.4. The van der Waals surface area contributed by atoms with E-state index in [2.05, 4.69) is 6.58 Å². The lowest BCUT2D eigenvalue weighted by molar-refractivity contribution is -0.128. The lowest BCUT2D eigenvalue weighted by atomic mass is 9.83. The van der Waals surface area contributed by atoms with Gasteiger partial charge in [-0.15, -0.1) is 0 Å².